The summed E-state index contributed by atoms with van der Waals surface area (Å²) in [7, 11) is 0. The summed E-state index contributed by atoms with van der Waals surface area (Å²) in [6.45, 7) is 7.91. The maximum absolute atomic E-state index is 5.70. The van der Waals surface area contributed by atoms with Gasteiger partial charge in [0.25, 0.3) is 0 Å². The van der Waals surface area contributed by atoms with E-state index in [0.29, 0.717) is 0 Å². The van der Waals surface area contributed by atoms with Gasteiger partial charge in [-0.25, -0.2) is 0 Å². The van der Waals surface area contributed by atoms with Crippen molar-refractivity contribution in [1.82, 2.24) is 15.1 Å². The molecule has 0 spiro atoms. The first-order valence-corrected chi connectivity index (χ1v) is 6.06. The van der Waals surface area contributed by atoms with Crippen LogP contribution in [0.2, 0.25) is 0 Å². The van der Waals surface area contributed by atoms with Crippen LogP contribution in [0.15, 0.2) is 28.9 Å². The largest absolute Gasteiger partial charge is 0.464 e. The van der Waals surface area contributed by atoms with Gasteiger partial charge in [-0.3, -0.25) is 4.68 Å². The molecule has 4 nitrogen and oxygen atoms in total. The topological polar surface area (TPSA) is 43.0 Å². The van der Waals surface area contributed by atoms with Gasteiger partial charge in [-0.15, -0.1) is 0 Å². The lowest BCUT2D eigenvalue weighted by Crippen LogP contribution is -2.21. The summed E-state index contributed by atoms with van der Waals surface area (Å²) in [5.41, 5.74) is 1.14. The molecule has 1 atom stereocenters. The fraction of sp³-hybridized carbons (Fsp3) is 0.462. The molecule has 0 amide bonds. The molecule has 0 aliphatic rings. The molecule has 0 radical (unpaired) electrons. The Bertz CT molecular complexity index is 472. The van der Waals surface area contributed by atoms with Crippen LogP contribution in [0.4, 0.5) is 0 Å². The third kappa shape index (κ3) is 2.58. The van der Waals surface area contributed by atoms with Crippen molar-refractivity contribution in [3.8, 4) is 0 Å². The molecule has 0 aromatic carbocycles. The quantitative estimate of drug-likeness (QED) is 0.862. The average molecular weight is 233 g/mol. The van der Waals surface area contributed by atoms with Gasteiger partial charge in [-0.1, -0.05) is 6.92 Å². The minimum absolute atomic E-state index is 0.0917. The van der Waals surface area contributed by atoms with E-state index in [-0.39, 0.29) is 6.04 Å². The van der Waals surface area contributed by atoms with E-state index in [4.69, 9.17) is 4.42 Å². The summed E-state index contributed by atoms with van der Waals surface area (Å²) in [4.78, 5) is 0. The smallest absolute Gasteiger partial charge is 0.125 e. The lowest BCUT2D eigenvalue weighted by atomic mass is 10.1. The molecule has 0 saturated heterocycles. The Balaban J connectivity index is 2.28. The Morgan fingerprint density at radius 3 is 2.76 bits per heavy atom. The zero-order valence-electron chi connectivity index (χ0n) is 10.6. The van der Waals surface area contributed by atoms with E-state index in [9.17, 15) is 0 Å². The van der Waals surface area contributed by atoms with Crippen molar-refractivity contribution in [2.75, 3.05) is 6.54 Å². The standard InChI is InChI=1S/C13H19N3O/c1-4-14-13(12-7-6-10(3)17-12)11-8-15-16(5-2)9-11/h6-9,13-14H,4-5H2,1-3H3. The van der Waals surface area contributed by atoms with Gasteiger partial charge in [-0.2, -0.15) is 5.10 Å². The molecule has 0 aliphatic carbocycles. The highest BCUT2D eigenvalue weighted by Crippen LogP contribution is 2.23. The molecule has 2 rings (SSSR count). The van der Waals surface area contributed by atoms with E-state index in [1.807, 2.05) is 29.9 Å². The molecule has 4 heteroatoms. The zero-order valence-corrected chi connectivity index (χ0v) is 10.6. The van der Waals surface area contributed by atoms with Gasteiger partial charge in [0.1, 0.15) is 11.5 Å². The lowest BCUT2D eigenvalue weighted by molar-refractivity contribution is 0.435. The Morgan fingerprint density at radius 1 is 1.41 bits per heavy atom. The van der Waals surface area contributed by atoms with E-state index >= 15 is 0 Å². The van der Waals surface area contributed by atoms with Gasteiger partial charge < -0.3 is 9.73 Å². The second-order valence-corrected chi connectivity index (χ2v) is 4.07. The second-order valence-electron chi connectivity index (χ2n) is 4.07. The maximum Gasteiger partial charge on any atom is 0.125 e. The Morgan fingerprint density at radius 2 is 2.24 bits per heavy atom. The van der Waals surface area contributed by atoms with Gasteiger partial charge in [0.15, 0.2) is 0 Å². The maximum atomic E-state index is 5.70. The fourth-order valence-electron chi connectivity index (χ4n) is 1.90. The number of aryl methyl sites for hydroxylation is 2. The molecule has 92 valence electrons. The molecule has 0 saturated carbocycles. The predicted molar refractivity (Wildman–Crippen MR) is 66.9 cm³/mol. The molecule has 1 N–H and O–H groups in total. The summed E-state index contributed by atoms with van der Waals surface area (Å²) in [5.74, 6) is 1.88. The van der Waals surface area contributed by atoms with E-state index in [2.05, 4.69) is 30.5 Å². The third-order valence-corrected chi connectivity index (χ3v) is 2.76. The van der Waals surface area contributed by atoms with Gasteiger partial charge in [0.2, 0.25) is 0 Å². The van der Waals surface area contributed by atoms with E-state index < -0.39 is 0 Å². The third-order valence-electron chi connectivity index (χ3n) is 2.76. The molecular weight excluding hydrogens is 214 g/mol. The highest BCUT2D eigenvalue weighted by molar-refractivity contribution is 5.23. The molecule has 0 fully saturated rings. The van der Waals surface area contributed by atoms with Gasteiger partial charge >= 0.3 is 0 Å². The molecule has 1 unspecified atom stereocenters. The van der Waals surface area contributed by atoms with Gasteiger partial charge in [0.05, 0.1) is 12.2 Å². The van der Waals surface area contributed by atoms with Crippen LogP contribution in [-0.4, -0.2) is 16.3 Å². The summed E-state index contributed by atoms with van der Waals surface area (Å²) < 4.78 is 7.62. The summed E-state index contributed by atoms with van der Waals surface area (Å²) in [6, 6.07) is 4.10. The normalized spacial score (nSPS) is 12.9. The first kappa shape index (κ1) is 11.9. The second kappa shape index (κ2) is 5.19. The highest BCUT2D eigenvalue weighted by Gasteiger charge is 2.17. The molecule has 0 bridgehead atoms. The Hall–Kier alpha value is -1.55. The summed E-state index contributed by atoms with van der Waals surface area (Å²) in [6.07, 6.45) is 3.96. The van der Waals surface area contributed by atoms with Crippen LogP contribution in [0.5, 0.6) is 0 Å². The Kier molecular flexibility index (Phi) is 3.64. The fourth-order valence-corrected chi connectivity index (χ4v) is 1.90. The van der Waals surface area contributed by atoms with Gasteiger partial charge in [0, 0.05) is 18.3 Å². The van der Waals surface area contributed by atoms with Crippen molar-refractivity contribution in [1.29, 1.82) is 0 Å². The summed E-state index contributed by atoms with van der Waals surface area (Å²) in [5, 5.41) is 7.72. The first-order valence-electron chi connectivity index (χ1n) is 6.06. The van der Waals surface area contributed by atoms with Crippen LogP contribution in [0, 0.1) is 6.92 Å². The first-order chi connectivity index (χ1) is 8.24. The minimum Gasteiger partial charge on any atom is -0.464 e. The number of hydrogen-bond acceptors (Lipinski definition) is 3. The molecule has 2 heterocycles. The lowest BCUT2D eigenvalue weighted by Gasteiger charge is -2.13. The van der Waals surface area contributed by atoms with Crippen LogP contribution in [0.3, 0.4) is 0 Å². The predicted octanol–water partition coefficient (Wildman–Crippen LogP) is 2.50. The van der Waals surface area contributed by atoms with Crippen molar-refractivity contribution in [3.63, 3.8) is 0 Å². The van der Waals surface area contributed by atoms with E-state index in [1.54, 1.807) is 0 Å². The monoisotopic (exact) mass is 233 g/mol. The minimum atomic E-state index is 0.0917. The van der Waals surface area contributed by atoms with Crippen LogP contribution < -0.4 is 5.32 Å². The number of furan rings is 1. The zero-order chi connectivity index (χ0) is 12.3. The molecule has 17 heavy (non-hydrogen) atoms. The number of rotatable bonds is 5. The molecular formula is C13H19N3O. The van der Waals surface area contributed by atoms with Gasteiger partial charge in [-0.05, 0) is 32.5 Å². The van der Waals surface area contributed by atoms with E-state index in [0.717, 1.165) is 30.2 Å². The van der Waals surface area contributed by atoms with Crippen LogP contribution in [0.1, 0.15) is 37.0 Å². The SMILES string of the molecule is CCNC(c1cnn(CC)c1)c1ccc(C)o1. The molecule has 0 aliphatic heterocycles. The van der Waals surface area contributed by atoms with Crippen molar-refractivity contribution >= 4 is 0 Å². The van der Waals surface area contributed by atoms with Crippen LogP contribution in [-0.2, 0) is 6.54 Å². The van der Waals surface area contributed by atoms with Crippen molar-refractivity contribution in [2.45, 2.75) is 33.4 Å². The van der Waals surface area contributed by atoms with Crippen molar-refractivity contribution < 1.29 is 4.42 Å². The number of hydrogen-bond donors (Lipinski definition) is 1. The average Bonchev–Trinajstić information content (AvgIpc) is 2.94. The van der Waals surface area contributed by atoms with E-state index in [1.165, 1.54) is 0 Å². The number of nitrogens with one attached hydrogen (secondary N) is 1. The van der Waals surface area contributed by atoms with Crippen LogP contribution in [0.25, 0.3) is 0 Å². The Labute approximate surface area is 102 Å². The number of nitrogens with zero attached hydrogens (tertiary/aromatic N) is 2. The van der Waals surface area contributed by atoms with Crippen LogP contribution >= 0.6 is 0 Å². The number of aromatic nitrogens is 2. The van der Waals surface area contributed by atoms with Crippen molar-refractivity contribution in [2.24, 2.45) is 0 Å². The molecule has 2 aromatic rings. The highest BCUT2D eigenvalue weighted by atomic mass is 16.3. The van der Waals surface area contributed by atoms with Crippen molar-refractivity contribution in [3.05, 3.63) is 41.6 Å². The molecule has 2 aromatic heterocycles. The summed E-state index contributed by atoms with van der Waals surface area (Å²) >= 11 is 0.